The normalized spacial score (nSPS) is 10.2. The van der Waals surface area contributed by atoms with Crippen molar-refractivity contribution in [1.82, 2.24) is 0 Å². The highest BCUT2D eigenvalue weighted by atomic mass is 16.6. The maximum atomic E-state index is 13.1. The first kappa shape index (κ1) is 18.7. The lowest BCUT2D eigenvalue weighted by atomic mass is 9.91. The fraction of sp³-hybridized carbons (Fsp3) is 0.105. The molecule has 0 atom stereocenters. The molecule has 0 N–H and O–H groups in total. The number of hydrogen-bond acceptors (Lipinski definition) is 5. The molecule has 0 fully saturated rings. The quantitative estimate of drug-likeness (QED) is 0.307. The monoisotopic (exact) mass is 352 g/mol. The van der Waals surface area contributed by atoms with Gasteiger partial charge < -0.3 is 0 Å². The summed E-state index contributed by atoms with van der Waals surface area (Å²) >= 11 is 0. The number of nitro benzene ring substituents is 2. The molecule has 0 aliphatic rings. The molecule has 0 aliphatic heterocycles. The van der Waals surface area contributed by atoms with Crippen LogP contribution in [0.15, 0.2) is 61.7 Å². The van der Waals surface area contributed by atoms with E-state index in [1.165, 1.54) is 48.6 Å². The average molecular weight is 352 g/mol. The van der Waals surface area contributed by atoms with E-state index in [0.717, 1.165) is 0 Å². The van der Waals surface area contributed by atoms with Crippen molar-refractivity contribution < 1.29 is 14.6 Å². The van der Waals surface area contributed by atoms with Crippen molar-refractivity contribution in [2.24, 2.45) is 0 Å². The van der Waals surface area contributed by atoms with Gasteiger partial charge in [0.25, 0.3) is 11.4 Å². The average Bonchev–Trinajstić information content (AvgIpc) is 2.61. The van der Waals surface area contributed by atoms with Gasteiger partial charge in [0.1, 0.15) is 0 Å². The molecule has 132 valence electrons. The summed E-state index contributed by atoms with van der Waals surface area (Å²) in [6.45, 7) is 7.15. The van der Waals surface area contributed by atoms with E-state index < -0.39 is 15.6 Å². The molecule has 0 radical (unpaired) electrons. The molecule has 0 saturated heterocycles. The van der Waals surface area contributed by atoms with Crippen LogP contribution < -0.4 is 0 Å². The van der Waals surface area contributed by atoms with Gasteiger partial charge in [-0.3, -0.25) is 25.0 Å². The second-order valence-electron chi connectivity index (χ2n) is 5.44. The maximum Gasteiger partial charge on any atom is 0.273 e. The summed E-state index contributed by atoms with van der Waals surface area (Å²) in [4.78, 5) is 34.5. The Kier molecular flexibility index (Phi) is 5.74. The summed E-state index contributed by atoms with van der Waals surface area (Å²) in [7, 11) is 0. The molecule has 0 aliphatic carbocycles. The van der Waals surface area contributed by atoms with E-state index in [4.69, 9.17) is 0 Å². The number of nitrogens with zero attached hydrogens (tertiary/aromatic N) is 2. The third-order valence-corrected chi connectivity index (χ3v) is 3.88. The molecule has 0 amide bonds. The van der Waals surface area contributed by atoms with Crippen molar-refractivity contribution in [1.29, 1.82) is 0 Å². The van der Waals surface area contributed by atoms with Crippen molar-refractivity contribution in [2.45, 2.75) is 12.8 Å². The molecule has 0 bridgehead atoms. The Labute approximate surface area is 149 Å². The lowest BCUT2D eigenvalue weighted by molar-refractivity contribution is -0.385. The molecule has 26 heavy (non-hydrogen) atoms. The van der Waals surface area contributed by atoms with E-state index in [-0.39, 0.29) is 46.5 Å². The van der Waals surface area contributed by atoms with Crippen LogP contribution in [0.1, 0.15) is 27.0 Å². The Morgan fingerprint density at radius 1 is 0.846 bits per heavy atom. The zero-order valence-electron chi connectivity index (χ0n) is 13.9. The van der Waals surface area contributed by atoms with Gasteiger partial charge in [0.05, 0.1) is 9.85 Å². The molecule has 7 heteroatoms. The van der Waals surface area contributed by atoms with E-state index in [0.29, 0.717) is 0 Å². The summed E-state index contributed by atoms with van der Waals surface area (Å²) in [6.07, 6.45) is 3.20. The fourth-order valence-electron chi connectivity index (χ4n) is 2.78. The van der Waals surface area contributed by atoms with Crippen LogP contribution in [0.2, 0.25) is 0 Å². The number of carbonyl (C=O) groups is 1. The first-order chi connectivity index (χ1) is 12.4. The standard InChI is InChI=1S/C19H16N2O5/c1-3-7-13-15(9-5-11-17(13)20(23)24)19(22)16-10-6-12-18(21(25)26)14(16)8-4-2/h3-6,9-12H,1-2,7-8H2. The largest absolute Gasteiger partial charge is 0.289 e. The molecule has 0 aromatic heterocycles. The topological polar surface area (TPSA) is 103 Å². The van der Waals surface area contributed by atoms with Crippen LogP contribution in [-0.2, 0) is 12.8 Å². The minimum atomic E-state index is -0.562. The van der Waals surface area contributed by atoms with Crippen LogP contribution in [0, 0.1) is 20.2 Å². The molecule has 0 unspecified atom stereocenters. The first-order valence-corrected chi connectivity index (χ1v) is 7.71. The Morgan fingerprint density at radius 3 is 1.54 bits per heavy atom. The molecule has 0 heterocycles. The van der Waals surface area contributed by atoms with Gasteiger partial charge in [-0.2, -0.15) is 0 Å². The number of allylic oxidation sites excluding steroid dienone is 2. The third-order valence-electron chi connectivity index (χ3n) is 3.88. The summed E-state index contributed by atoms with van der Waals surface area (Å²) in [5, 5.41) is 22.6. The van der Waals surface area contributed by atoms with E-state index >= 15 is 0 Å². The van der Waals surface area contributed by atoms with E-state index in [9.17, 15) is 25.0 Å². The molecule has 2 aromatic carbocycles. The van der Waals surface area contributed by atoms with Crippen molar-refractivity contribution >= 4 is 17.2 Å². The SMILES string of the molecule is C=CCc1c(C(=O)c2cccc([N+](=O)[O-])c2CC=C)cccc1[N+](=O)[O-]. The van der Waals surface area contributed by atoms with Crippen molar-refractivity contribution in [3.8, 4) is 0 Å². The highest BCUT2D eigenvalue weighted by Crippen LogP contribution is 2.29. The van der Waals surface area contributed by atoms with Crippen LogP contribution in [-0.4, -0.2) is 15.6 Å². The summed E-state index contributed by atoms with van der Waals surface area (Å²) in [6, 6.07) is 8.42. The van der Waals surface area contributed by atoms with Gasteiger partial charge in [-0.1, -0.05) is 36.4 Å². The lowest BCUT2D eigenvalue weighted by Crippen LogP contribution is -2.11. The Bertz CT molecular complexity index is 845. The first-order valence-electron chi connectivity index (χ1n) is 7.71. The lowest BCUT2D eigenvalue weighted by Gasteiger charge is -2.11. The molecule has 2 rings (SSSR count). The van der Waals surface area contributed by atoms with Crippen molar-refractivity contribution in [3.63, 3.8) is 0 Å². The second kappa shape index (κ2) is 7.98. The maximum absolute atomic E-state index is 13.1. The van der Waals surface area contributed by atoms with Crippen molar-refractivity contribution in [2.75, 3.05) is 0 Å². The number of hydrogen-bond donors (Lipinski definition) is 0. The molecule has 0 saturated carbocycles. The highest BCUT2D eigenvalue weighted by molar-refractivity contribution is 6.11. The molecule has 7 nitrogen and oxygen atoms in total. The van der Waals surface area contributed by atoms with Crippen LogP contribution in [0.3, 0.4) is 0 Å². The number of carbonyl (C=O) groups excluding carboxylic acids is 1. The molecular weight excluding hydrogens is 336 g/mol. The van der Waals surface area contributed by atoms with Gasteiger partial charge in [-0.25, -0.2) is 0 Å². The van der Waals surface area contributed by atoms with E-state index in [1.54, 1.807) is 0 Å². The molecule has 0 spiro atoms. The van der Waals surface area contributed by atoms with E-state index in [1.807, 2.05) is 0 Å². The predicted molar refractivity (Wildman–Crippen MR) is 97.4 cm³/mol. The van der Waals surface area contributed by atoms with Crippen LogP contribution in [0.4, 0.5) is 11.4 Å². The fourth-order valence-corrected chi connectivity index (χ4v) is 2.78. The van der Waals surface area contributed by atoms with Crippen LogP contribution in [0.25, 0.3) is 0 Å². The van der Waals surface area contributed by atoms with E-state index in [2.05, 4.69) is 13.2 Å². The predicted octanol–water partition coefficient (Wildman–Crippen LogP) is 4.19. The van der Waals surface area contributed by atoms with Gasteiger partial charge in [0, 0.05) is 34.4 Å². The Balaban J connectivity index is 2.71. The zero-order valence-corrected chi connectivity index (χ0v) is 13.9. The van der Waals surface area contributed by atoms with Gasteiger partial charge in [0.2, 0.25) is 0 Å². The van der Waals surface area contributed by atoms with Gasteiger partial charge >= 0.3 is 0 Å². The van der Waals surface area contributed by atoms with Crippen LogP contribution in [0.5, 0.6) is 0 Å². The number of nitro groups is 2. The minimum Gasteiger partial charge on any atom is -0.289 e. The second-order valence-corrected chi connectivity index (χ2v) is 5.44. The van der Waals surface area contributed by atoms with Gasteiger partial charge in [0.15, 0.2) is 5.78 Å². The van der Waals surface area contributed by atoms with Crippen molar-refractivity contribution in [3.05, 3.63) is 104 Å². The van der Waals surface area contributed by atoms with Gasteiger partial charge in [-0.15, -0.1) is 13.2 Å². The number of ketones is 1. The number of rotatable bonds is 8. The summed E-state index contributed by atoms with van der Waals surface area (Å²) in [5.74, 6) is -0.508. The smallest absolute Gasteiger partial charge is 0.273 e. The third kappa shape index (κ3) is 3.56. The minimum absolute atomic E-state index is 0.129. The highest BCUT2D eigenvalue weighted by Gasteiger charge is 2.25. The Morgan fingerprint density at radius 2 is 1.23 bits per heavy atom. The van der Waals surface area contributed by atoms with Crippen LogP contribution >= 0.6 is 0 Å². The van der Waals surface area contributed by atoms with Gasteiger partial charge in [-0.05, 0) is 12.8 Å². The zero-order chi connectivity index (χ0) is 19.3. The molecular formula is C19H16N2O5. The summed E-state index contributed by atoms with van der Waals surface area (Å²) < 4.78 is 0. The Hall–Kier alpha value is -3.61. The number of benzene rings is 2. The summed E-state index contributed by atoms with van der Waals surface area (Å²) in [5.41, 5.74) is 0.342. The molecule has 2 aromatic rings.